The molecule has 2 aromatic carbocycles. The molecule has 4 aromatic rings. The fourth-order valence-corrected chi connectivity index (χ4v) is 7.65. The fourth-order valence-electron chi connectivity index (χ4n) is 4.06. The normalized spacial score (nSPS) is 14.9. The van der Waals surface area contributed by atoms with Gasteiger partial charge < -0.3 is 15.0 Å². The summed E-state index contributed by atoms with van der Waals surface area (Å²) in [4.78, 5) is 11.6. The summed E-state index contributed by atoms with van der Waals surface area (Å²) in [7, 11) is -1.84. The maximum absolute atomic E-state index is 13.0. The maximum Gasteiger partial charge on any atom is 0.252 e. The second-order valence-electron chi connectivity index (χ2n) is 8.00. The summed E-state index contributed by atoms with van der Waals surface area (Å²) in [6.07, 6.45) is 0. The van der Waals surface area contributed by atoms with E-state index in [-0.39, 0.29) is 0 Å². The van der Waals surface area contributed by atoms with E-state index in [9.17, 15) is 8.42 Å². The molecule has 1 N–H and O–H groups in total. The van der Waals surface area contributed by atoms with Crippen molar-refractivity contribution in [2.75, 3.05) is 43.5 Å². The van der Waals surface area contributed by atoms with Crippen molar-refractivity contribution in [2.24, 2.45) is 0 Å². The monoisotopic (exact) mass is 573 g/mol. The van der Waals surface area contributed by atoms with E-state index in [4.69, 9.17) is 14.7 Å². The highest BCUT2D eigenvalue weighted by atomic mass is 79.9. The lowest BCUT2D eigenvalue weighted by molar-refractivity contribution is 0.383. The number of hydrogen-bond donors (Lipinski definition) is 1. The lowest BCUT2D eigenvalue weighted by Crippen LogP contribution is -2.49. The summed E-state index contributed by atoms with van der Waals surface area (Å²) in [5.41, 5.74) is 1.86. The number of sulfonamides is 1. The van der Waals surface area contributed by atoms with Crippen LogP contribution in [0, 0.1) is 0 Å². The van der Waals surface area contributed by atoms with Gasteiger partial charge in [0.05, 0.1) is 16.4 Å². The third-order valence-electron chi connectivity index (χ3n) is 5.89. The first-order valence-corrected chi connectivity index (χ1v) is 14.1. The Balaban J connectivity index is 1.36. The van der Waals surface area contributed by atoms with Gasteiger partial charge in [0.15, 0.2) is 0 Å². The van der Waals surface area contributed by atoms with Crippen LogP contribution in [0.25, 0.3) is 10.9 Å². The van der Waals surface area contributed by atoms with Gasteiger partial charge >= 0.3 is 0 Å². The van der Waals surface area contributed by atoms with Crippen molar-refractivity contribution >= 4 is 60.0 Å². The van der Waals surface area contributed by atoms with Crippen LogP contribution in [0.5, 0.6) is 5.75 Å². The number of piperazine rings is 1. The third kappa shape index (κ3) is 4.99. The topological polar surface area (TPSA) is 87.7 Å². The number of nitrogens with one attached hydrogen (secondary N) is 1. The van der Waals surface area contributed by atoms with Crippen LogP contribution in [-0.4, -0.2) is 56.0 Å². The van der Waals surface area contributed by atoms with Crippen LogP contribution in [0.4, 0.5) is 11.8 Å². The number of ether oxygens (including phenoxy) is 1. The molecular formula is C24H24BrN5O3S2. The zero-order valence-corrected chi connectivity index (χ0v) is 22.2. The number of halogens is 1. The first kappa shape index (κ1) is 24.0. The summed E-state index contributed by atoms with van der Waals surface area (Å²) in [6.45, 7) is 2.31. The number of benzene rings is 2. The van der Waals surface area contributed by atoms with Crippen molar-refractivity contribution in [1.82, 2.24) is 14.3 Å². The van der Waals surface area contributed by atoms with Gasteiger partial charge in [-0.05, 0) is 46.3 Å². The largest absolute Gasteiger partial charge is 0.496 e. The molecule has 0 radical (unpaired) electrons. The van der Waals surface area contributed by atoms with Crippen molar-refractivity contribution < 1.29 is 13.2 Å². The molecule has 0 amide bonds. The fraction of sp³-hybridized carbons (Fsp3) is 0.250. The Kier molecular flexibility index (Phi) is 6.92. The summed E-state index contributed by atoms with van der Waals surface area (Å²) < 4.78 is 34.1. The number of fused-ring (bicyclic) bond motifs is 1. The first-order valence-electron chi connectivity index (χ1n) is 11.1. The molecule has 1 aliphatic rings. The molecule has 0 unspecified atom stereocenters. The second-order valence-corrected chi connectivity index (χ2v) is 12.6. The number of aromatic nitrogens is 2. The molecule has 3 heterocycles. The number of nitrogens with zero attached hydrogens (tertiary/aromatic N) is 4. The Morgan fingerprint density at radius 1 is 1.00 bits per heavy atom. The van der Waals surface area contributed by atoms with Crippen LogP contribution in [0.1, 0.15) is 5.56 Å². The molecule has 35 heavy (non-hydrogen) atoms. The molecule has 0 bridgehead atoms. The van der Waals surface area contributed by atoms with E-state index >= 15 is 0 Å². The zero-order chi connectivity index (χ0) is 24.4. The molecule has 1 aliphatic heterocycles. The lowest BCUT2D eigenvalue weighted by Gasteiger charge is -2.34. The summed E-state index contributed by atoms with van der Waals surface area (Å²) in [5, 5.41) is 4.37. The van der Waals surface area contributed by atoms with Gasteiger partial charge in [0.1, 0.15) is 15.8 Å². The van der Waals surface area contributed by atoms with Crippen LogP contribution in [0.15, 0.2) is 68.7 Å². The minimum absolute atomic E-state index is 0.350. The van der Waals surface area contributed by atoms with Crippen LogP contribution >= 0.6 is 27.3 Å². The molecular weight excluding hydrogens is 550 g/mol. The van der Waals surface area contributed by atoms with E-state index in [1.54, 1.807) is 19.2 Å². The lowest BCUT2D eigenvalue weighted by atomic mass is 10.2. The van der Waals surface area contributed by atoms with Crippen LogP contribution in [0.2, 0.25) is 0 Å². The molecule has 1 fully saturated rings. The van der Waals surface area contributed by atoms with Crippen LogP contribution < -0.4 is 15.0 Å². The minimum Gasteiger partial charge on any atom is -0.496 e. The minimum atomic E-state index is -3.51. The standard InChI is InChI=1S/C24H24BrN5O3S2/c1-33-20-9-5-2-6-17(20)16-26-23-18-7-3-4-8-19(18)27-24(28-23)29-12-14-30(15-13-29)35(31,32)22-11-10-21(25)34-22/h2-11H,12-16H2,1H3,(H,26,27,28). The summed E-state index contributed by atoms with van der Waals surface area (Å²) in [5.74, 6) is 2.13. The number of para-hydroxylation sites is 2. The molecule has 0 spiro atoms. The SMILES string of the molecule is COc1ccccc1CNc1nc(N2CCN(S(=O)(=O)c3ccc(Br)s3)CC2)nc2ccccc12. The molecule has 1 saturated heterocycles. The van der Waals surface area contributed by atoms with Crippen LogP contribution in [-0.2, 0) is 16.6 Å². The smallest absolute Gasteiger partial charge is 0.252 e. The van der Waals surface area contributed by atoms with E-state index in [1.807, 2.05) is 53.4 Å². The average Bonchev–Trinajstić information content (AvgIpc) is 3.34. The van der Waals surface area contributed by atoms with Gasteiger partial charge in [-0.2, -0.15) is 9.29 Å². The van der Waals surface area contributed by atoms with Crippen LogP contribution in [0.3, 0.4) is 0 Å². The van der Waals surface area contributed by atoms with E-state index in [0.29, 0.717) is 42.9 Å². The van der Waals surface area contributed by atoms with Gasteiger partial charge in [0.2, 0.25) is 5.95 Å². The Bertz CT molecular complexity index is 1450. The number of anilines is 2. The number of rotatable bonds is 7. The summed E-state index contributed by atoms with van der Waals surface area (Å²) in [6, 6.07) is 19.1. The van der Waals surface area contributed by atoms with E-state index in [0.717, 1.165) is 31.8 Å². The van der Waals surface area contributed by atoms with Gasteiger partial charge in [0.25, 0.3) is 10.0 Å². The zero-order valence-electron chi connectivity index (χ0n) is 19.0. The maximum atomic E-state index is 13.0. The average molecular weight is 575 g/mol. The number of hydrogen-bond acceptors (Lipinski definition) is 8. The number of thiophene rings is 1. The Morgan fingerprint density at radius 3 is 2.49 bits per heavy atom. The van der Waals surface area contributed by atoms with Gasteiger partial charge in [-0.1, -0.05) is 30.3 Å². The molecule has 8 nitrogen and oxygen atoms in total. The highest BCUT2D eigenvalue weighted by Gasteiger charge is 2.30. The molecule has 11 heteroatoms. The Morgan fingerprint density at radius 2 is 1.74 bits per heavy atom. The second kappa shape index (κ2) is 10.1. The summed E-state index contributed by atoms with van der Waals surface area (Å²) >= 11 is 4.58. The van der Waals surface area contributed by atoms with E-state index in [2.05, 4.69) is 21.2 Å². The molecule has 0 atom stereocenters. The van der Waals surface area contributed by atoms with Gasteiger partial charge in [-0.15, -0.1) is 11.3 Å². The molecule has 182 valence electrons. The van der Waals surface area contributed by atoms with Crippen molar-refractivity contribution in [2.45, 2.75) is 10.8 Å². The predicted octanol–water partition coefficient (Wildman–Crippen LogP) is 4.59. The molecule has 0 saturated carbocycles. The van der Waals surface area contributed by atoms with Crippen molar-refractivity contribution in [3.63, 3.8) is 0 Å². The quantitative estimate of drug-likeness (QED) is 0.346. The molecule has 2 aromatic heterocycles. The Labute approximate surface area is 216 Å². The van der Waals surface area contributed by atoms with Crippen molar-refractivity contribution in [1.29, 1.82) is 0 Å². The molecule has 5 rings (SSSR count). The highest BCUT2D eigenvalue weighted by molar-refractivity contribution is 9.11. The predicted molar refractivity (Wildman–Crippen MR) is 143 cm³/mol. The third-order valence-corrected chi connectivity index (χ3v) is 9.88. The van der Waals surface area contributed by atoms with Gasteiger partial charge in [-0.25, -0.2) is 13.4 Å². The highest BCUT2D eigenvalue weighted by Crippen LogP contribution is 2.30. The first-order chi connectivity index (χ1) is 17.0. The van der Waals surface area contributed by atoms with Crippen molar-refractivity contribution in [3.05, 3.63) is 70.0 Å². The van der Waals surface area contributed by atoms with Gasteiger partial charge in [0, 0.05) is 43.7 Å². The molecule has 0 aliphatic carbocycles. The van der Waals surface area contributed by atoms with E-state index < -0.39 is 10.0 Å². The van der Waals surface area contributed by atoms with Crippen molar-refractivity contribution in [3.8, 4) is 5.75 Å². The van der Waals surface area contributed by atoms with E-state index in [1.165, 1.54) is 15.6 Å². The Hall–Kier alpha value is -2.73. The van der Waals surface area contributed by atoms with Gasteiger partial charge in [-0.3, -0.25) is 0 Å². The number of methoxy groups -OCH3 is 1.